The number of nitrogens with zero attached hydrogens (tertiary/aromatic N) is 3. The molecule has 1 aliphatic carbocycles. The molecule has 0 bridgehead atoms. The summed E-state index contributed by atoms with van der Waals surface area (Å²) in [7, 11) is 1.61. The molecule has 1 saturated carbocycles. The molecule has 32 heavy (non-hydrogen) atoms. The number of nitriles is 1. The van der Waals surface area contributed by atoms with E-state index in [1.165, 1.54) is 12.3 Å². The van der Waals surface area contributed by atoms with Crippen LogP contribution in [0.3, 0.4) is 0 Å². The summed E-state index contributed by atoms with van der Waals surface area (Å²) in [6, 6.07) is 6.51. The smallest absolute Gasteiger partial charge is 0.280 e. The molecule has 0 aliphatic heterocycles. The Morgan fingerprint density at radius 3 is 2.88 bits per heavy atom. The van der Waals surface area contributed by atoms with E-state index in [4.69, 9.17) is 4.74 Å². The molecule has 2 aromatic rings. The molecule has 0 aromatic carbocycles. The van der Waals surface area contributed by atoms with Gasteiger partial charge in [0.2, 0.25) is 0 Å². The zero-order valence-corrected chi connectivity index (χ0v) is 18.1. The zero-order valence-electron chi connectivity index (χ0n) is 18.1. The third-order valence-corrected chi connectivity index (χ3v) is 5.85. The molecule has 1 aliphatic rings. The number of nitrogens with one attached hydrogen (secondary N) is 2. The standard InChI is InChI=1S/C23H27F2N5O2/c1-14-3-4-18(30-23(31)15-5-6-27-20(10-15)21(24)25)11-19(14)17-9-16(12-26)22(29-13-17)28-7-8-32-2/h5-6,9-10,13-14,18-19,21H,3-4,7-8,11H2,1-2H3,(H,28,29)(H,30,31). The lowest BCUT2D eigenvalue weighted by atomic mass is 9.74. The van der Waals surface area contributed by atoms with E-state index >= 15 is 0 Å². The average molecular weight is 443 g/mol. The minimum absolute atomic E-state index is 0.100. The number of hydrogen-bond donors (Lipinski definition) is 2. The van der Waals surface area contributed by atoms with Gasteiger partial charge in [0.1, 0.15) is 17.6 Å². The van der Waals surface area contributed by atoms with Crippen LogP contribution in [0.15, 0.2) is 30.6 Å². The first-order chi connectivity index (χ1) is 15.4. The highest BCUT2D eigenvalue weighted by molar-refractivity contribution is 5.94. The van der Waals surface area contributed by atoms with Gasteiger partial charge in [0.05, 0.1) is 12.2 Å². The number of aromatic nitrogens is 2. The van der Waals surface area contributed by atoms with Crippen molar-refractivity contribution in [1.29, 1.82) is 5.26 Å². The zero-order chi connectivity index (χ0) is 23.1. The van der Waals surface area contributed by atoms with Crippen molar-refractivity contribution in [2.24, 2.45) is 5.92 Å². The van der Waals surface area contributed by atoms with Crippen LogP contribution in [-0.2, 0) is 4.74 Å². The van der Waals surface area contributed by atoms with E-state index < -0.39 is 12.1 Å². The third-order valence-electron chi connectivity index (χ3n) is 5.85. The van der Waals surface area contributed by atoms with Crippen molar-refractivity contribution in [1.82, 2.24) is 15.3 Å². The Bertz CT molecular complexity index is 979. The molecular formula is C23H27F2N5O2. The van der Waals surface area contributed by atoms with Crippen LogP contribution in [0.1, 0.15) is 65.7 Å². The summed E-state index contributed by atoms with van der Waals surface area (Å²) in [6.45, 7) is 3.21. The van der Waals surface area contributed by atoms with Crippen molar-refractivity contribution in [2.75, 3.05) is 25.6 Å². The normalized spacial score (nSPS) is 20.6. The van der Waals surface area contributed by atoms with E-state index in [-0.39, 0.29) is 23.4 Å². The maximum Gasteiger partial charge on any atom is 0.280 e. The molecule has 9 heteroatoms. The lowest BCUT2D eigenvalue weighted by Gasteiger charge is -2.35. The van der Waals surface area contributed by atoms with Crippen LogP contribution in [0.2, 0.25) is 0 Å². The van der Waals surface area contributed by atoms with E-state index in [0.717, 1.165) is 24.5 Å². The topological polar surface area (TPSA) is 99.9 Å². The highest BCUT2D eigenvalue weighted by Gasteiger charge is 2.30. The molecule has 7 nitrogen and oxygen atoms in total. The van der Waals surface area contributed by atoms with Gasteiger partial charge in [0.25, 0.3) is 12.3 Å². The number of ether oxygens (including phenoxy) is 1. The summed E-state index contributed by atoms with van der Waals surface area (Å²) < 4.78 is 30.8. The predicted octanol–water partition coefficient (Wildman–Crippen LogP) is 4.05. The lowest BCUT2D eigenvalue weighted by Crippen LogP contribution is -2.40. The Kier molecular flexibility index (Phi) is 8.06. The van der Waals surface area contributed by atoms with E-state index in [2.05, 4.69) is 33.6 Å². The molecule has 1 fully saturated rings. The lowest BCUT2D eigenvalue weighted by molar-refractivity contribution is 0.0917. The molecule has 3 unspecified atom stereocenters. The van der Waals surface area contributed by atoms with Gasteiger partial charge < -0.3 is 15.4 Å². The Hall–Kier alpha value is -3.12. The first-order valence-electron chi connectivity index (χ1n) is 10.6. The van der Waals surface area contributed by atoms with E-state index in [0.29, 0.717) is 36.9 Å². The van der Waals surface area contributed by atoms with Gasteiger partial charge in [0, 0.05) is 37.7 Å². The summed E-state index contributed by atoms with van der Waals surface area (Å²) in [5.41, 5.74) is 1.18. The van der Waals surface area contributed by atoms with Gasteiger partial charge in [-0.2, -0.15) is 5.26 Å². The van der Waals surface area contributed by atoms with Crippen molar-refractivity contribution in [3.05, 3.63) is 53.0 Å². The van der Waals surface area contributed by atoms with Crippen molar-refractivity contribution in [2.45, 2.75) is 44.6 Å². The Labute approximate surface area is 186 Å². The summed E-state index contributed by atoms with van der Waals surface area (Å²) in [5, 5.41) is 15.6. The van der Waals surface area contributed by atoms with Crippen molar-refractivity contribution < 1.29 is 18.3 Å². The van der Waals surface area contributed by atoms with Gasteiger partial charge in [-0.05, 0) is 54.9 Å². The fourth-order valence-electron chi connectivity index (χ4n) is 4.08. The number of alkyl halides is 2. The number of amides is 1. The first-order valence-corrected chi connectivity index (χ1v) is 10.6. The highest BCUT2D eigenvalue weighted by atomic mass is 19.3. The first kappa shape index (κ1) is 23.5. The summed E-state index contributed by atoms with van der Waals surface area (Å²) >= 11 is 0. The quantitative estimate of drug-likeness (QED) is 0.597. The highest BCUT2D eigenvalue weighted by Crippen LogP contribution is 2.38. The number of carbonyl (C=O) groups excluding carboxylic acids is 1. The SMILES string of the molecule is COCCNc1ncc(C2CC(NC(=O)c3ccnc(C(F)F)c3)CCC2C)cc1C#N. The van der Waals surface area contributed by atoms with Crippen LogP contribution in [0.25, 0.3) is 0 Å². The second-order valence-corrected chi connectivity index (χ2v) is 8.03. The number of hydrogen-bond acceptors (Lipinski definition) is 6. The van der Waals surface area contributed by atoms with E-state index in [9.17, 15) is 18.8 Å². The van der Waals surface area contributed by atoms with Crippen LogP contribution < -0.4 is 10.6 Å². The van der Waals surface area contributed by atoms with Crippen LogP contribution in [0.5, 0.6) is 0 Å². The molecule has 0 saturated heterocycles. The van der Waals surface area contributed by atoms with Gasteiger partial charge in [-0.3, -0.25) is 9.78 Å². The van der Waals surface area contributed by atoms with Gasteiger partial charge >= 0.3 is 0 Å². The second kappa shape index (κ2) is 11.0. The van der Waals surface area contributed by atoms with E-state index in [1.54, 1.807) is 13.3 Å². The molecule has 0 radical (unpaired) electrons. The molecular weight excluding hydrogens is 416 g/mol. The Morgan fingerprint density at radius 1 is 1.34 bits per heavy atom. The van der Waals surface area contributed by atoms with Crippen LogP contribution in [-0.4, -0.2) is 42.2 Å². The fourth-order valence-corrected chi connectivity index (χ4v) is 4.08. The van der Waals surface area contributed by atoms with E-state index in [1.807, 2.05) is 6.07 Å². The average Bonchev–Trinajstić information content (AvgIpc) is 2.80. The van der Waals surface area contributed by atoms with Gasteiger partial charge in [-0.25, -0.2) is 13.8 Å². The van der Waals surface area contributed by atoms with Gasteiger partial charge in [-0.15, -0.1) is 0 Å². The molecule has 170 valence electrons. The number of pyridine rings is 2. The minimum atomic E-state index is -2.73. The van der Waals surface area contributed by atoms with Crippen LogP contribution in [0, 0.1) is 17.2 Å². The van der Waals surface area contributed by atoms with Gasteiger partial charge in [0.15, 0.2) is 0 Å². The van der Waals surface area contributed by atoms with Crippen LogP contribution in [0.4, 0.5) is 14.6 Å². The molecule has 3 atom stereocenters. The van der Waals surface area contributed by atoms with Crippen LogP contribution >= 0.6 is 0 Å². The molecule has 2 aromatic heterocycles. The third kappa shape index (κ3) is 5.77. The number of carbonyl (C=O) groups is 1. The fraction of sp³-hybridized carbons (Fsp3) is 0.478. The molecule has 1 amide bonds. The Morgan fingerprint density at radius 2 is 2.16 bits per heavy atom. The Balaban J connectivity index is 1.70. The molecule has 2 heterocycles. The number of halogens is 2. The largest absolute Gasteiger partial charge is 0.383 e. The van der Waals surface area contributed by atoms with Crippen molar-refractivity contribution in [3.8, 4) is 6.07 Å². The summed E-state index contributed by atoms with van der Waals surface area (Å²) in [4.78, 5) is 20.7. The monoisotopic (exact) mass is 443 g/mol. The molecule has 2 N–H and O–H groups in total. The van der Waals surface area contributed by atoms with Crippen molar-refractivity contribution >= 4 is 11.7 Å². The predicted molar refractivity (Wildman–Crippen MR) is 116 cm³/mol. The van der Waals surface area contributed by atoms with Gasteiger partial charge in [-0.1, -0.05) is 6.92 Å². The summed E-state index contributed by atoms with van der Waals surface area (Å²) in [5.74, 6) is 0.612. The minimum Gasteiger partial charge on any atom is -0.383 e. The summed E-state index contributed by atoms with van der Waals surface area (Å²) in [6.07, 6.45) is 2.65. The molecule has 0 spiro atoms. The number of rotatable bonds is 8. The second-order valence-electron chi connectivity index (χ2n) is 8.03. The number of anilines is 1. The number of methoxy groups -OCH3 is 1. The molecule has 3 rings (SSSR count). The maximum absolute atomic E-state index is 12.9. The maximum atomic E-state index is 12.9. The van der Waals surface area contributed by atoms with Crippen molar-refractivity contribution in [3.63, 3.8) is 0 Å².